The molecule has 2 aromatic carbocycles. The van der Waals surface area contributed by atoms with Gasteiger partial charge in [0.15, 0.2) is 0 Å². The molecule has 160 valence electrons. The molecule has 3 nitrogen and oxygen atoms in total. The third-order valence-corrected chi connectivity index (χ3v) is 8.78. The maximum Gasteiger partial charge on any atom is 0.346 e. The maximum atomic E-state index is 12.8. The second kappa shape index (κ2) is 8.49. The fourth-order valence-electron chi connectivity index (χ4n) is 3.67. The van der Waals surface area contributed by atoms with Gasteiger partial charge in [0.2, 0.25) is 0 Å². The van der Waals surface area contributed by atoms with E-state index in [0.717, 1.165) is 36.4 Å². The van der Waals surface area contributed by atoms with Crippen LogP contribution in [0.15, 0.2) is 51.6 Å². The van der Waals surface area contributed by atoms with Gasteiger partial charge in [0.25, 0.3) is 0 Å². The first-order valence-corrected chi connectivity index (χ1v) is 12.3. The first kappa shape index (κ1) is 22.2. The second-order valence-corrected chi connectivity index (χ2v) is 10.9. The highest BCUT2D eigenvalue weighted by Gasteiger charge is 2.39. The fourth-order valence-corrected chi connectivity index (χ4v) is 6.76. The largest absolute Gasteiger partial charge is 0.462 e. The lowest BCUT2D eigenvalue weighted by Crippen LogP contribution is -2.43. The summed E-state index contributed by atoms with van der Waals surface area (Å²) >= 11 is 9.08. The summed E-state index contributed by atoms with van der Waals surface area (Å²) < 4.78 is 6.42. The van der Waals surface area contributed by atoms with Crippen LogP contribution >= 0.6 is 35.7 Å². The molecule has 2 aromatic rings. The molecule has 6 heteroatoms. The number of ether oxygens (including phenoxy) is 1. The van der Waals surface area contributed by atoms with Crippen molar-refractivity contribution in [1.82, 2.24) is 0 Å². The number of nitrogens with one attached hydrogen (secondary N) is 1. The molecule has 0 amide bonds. The molecule has 4 rings (SSSR count). The number of fused-ring (bicyclic) bond motifs is 1. The van der Waals surface area contributed by atoms with Gasteiger partial charge in [-0.25, -0.2) is 4.79 Å². The zero-order chi connectivity index (χ0) is 22.3. The molecule has 0 atom stereocenters. The van der Waals surface area contributed by atoms with Gasteiger partial charge in [-0.15, -0.1) is 0 Å². The van der Waals surface area contributed by atoms with E-state index in [1.807, 2.05) is 37.3 Å². The average molecular weight is 468 g/mol. The minimum Gasteiger partial charge on any atom is -0.462 e. The number of thioether (sulfide) groups is 2. The Bertz CT molecular complexity index is 1150. The van der Waals surface area contributed by atoms with Crippen molar-refractivity contribution in [3.63, 3.8) is 0 Å². The molecular formula is C25H25NO2S3. The van der Waals surface area contributed by atoms with Crippen LogP contribution in [0.4, 0.5) is 5.69 Å². The van der Waals surface area contributed by atoms with Gasteiger partial charge in [-0.2, -0.15) is 0 Å². The van der Waals surface area contributed by atoms with Gasteiger partial charge in [0, 0.05) is 26.6 Å². The van der Waals surface area contributed by atoms with Crippen molar-refractivity contribution in [3.05, 3.63) is 73.9 Å². The van der Waals surface area contributed by atoms with Crippen molar-refractivity contribution in [2.24, 2.45) is 0 Å². The van der Waals surface area contributed by atoms with Crippen LogP contribution in [-0.2, 0) is 9.53 Å². The van der Waals surface area contributed by atoms with E-state index >= 15 is 0 Å². The summed E-state index contributed by atoms with van der Waals surface area (Å²) in [5.74, 6) is -0.283. The number of carbonyl (C=O) groups is 1. The first-order valence-electron chi connectivity index (χ1n) is 10.2. The number of aryl methyl sites for hydroxylation is 2. The number of rotatable bonds is 3. The third-order valence-electron chi connectivity index (χ3n) is 5.44. The number of thiocarbonyl (C=S) groups is 1. The molecule has 0 unspecified atom stereocenters. The molecule has 1 N–H and O–H groups in total. The van der Waals surface area contributed by atoms with Crippen LogP contribution in [0.25, 0.3) is 10.5 Å². The second-order valence-electron chi connectivity index (χ2n) is 8.17. The van der Waals surface area contributed by atoms with Crippen LogP contribution in [0.5, 0.6) is 0 Å². The number of benzene rings is 2. The summed E-state index contributed by atoms with van der Waals surface area (Å²) in [6, 6.07) is 14.4. The Morgan fingerprint density at radius 3 is 2.45 bits per heavy atom. The van der Waals surface area contributed by atoms with Crippen LogP contribution in [0.2, 0.25) is 0 Å². The van der Waals surface area contributed by atoms with Crippen LogP contribution in [0.3, 0.4) is 0 Å². The van der Waals surface area contributed by atoms with E-state index in [0.29, 0.717) is 11.5 Å². The summed E-state index contributed by atoms with van der Waals surface area (Å²) in [4.78, 5) is 15.2. The predicted octanol–water partition coefficient (Wildman–Crippen LogP) is 6.96. The van der Waals surface area contributed by atoms with E-state index in [1.54, 1.807) is 11.8 Å². The molecule has 0 bridgehead atoms. The van der Waals surface area contributed by atoms with Crippen molar-refractivity contribution >= 4 is 62.7 Å². The number of carbonyl (C=O) groups excluding carboxylic acids is 1. The van der Waals surface area contributed by atoms with E-state index in [9.17, 15) is 4.79 Å². The van der Waals surface area contributed by atoms with Crippen LogP contribution in [0, 0.1) is 13.8 Å². The van der Waals surface area contributed by atoms with Gasteiger partial charge in [0.05, 0.1) is 16.4 Å². The van der Waals surface area contributed by atoms with Crippen LogP contribution in [0.1, 0.15) is 43.0 Å². The van der Waals surface area contributed by atoms with Crippen LogP contribution < -0.4 is 5.32 Å². The highest BCUT2D eigenvalue weighted by molar-refractivity contribution is 8.32. The van der Waals surface area contributed by atoms with E-state index in [2.05, 4.69) is 45.1 Å². The molecule has 0 saturated carbocycles. The lowest BCUT2D eigenvalue weighted by Gasteiger charge is -2.37. The minimum absolute atomic E-state index is 0.283. The molecule has 31 heavy (non-hydrogen) atoms. The summed E-state index contributed by atoms with van der Waals surface area (Å²) in [7, 11) is 0. The summed E-state index contributed by atoms with van der Waals surface area (Å²) in [5, 5.41) is 3.61. The zero-order valence-electron chi connectivity index (χ0n) is 18.3. The van der Waals surface area contributed by atoms with Crippen molar-refractivity contribution in [2.45, 2.75) is 40.2 Å². The Morgan fingerprint density at radius 2 is 1.77 bits per heavy atom. The summed E-state index contributed by atoms with van der Waals surface area (Å²) in [6.07, 6.45) is 0. The molecule has 2 heterocycles. The van der Waals surface area contributed by atoms with E-state index < -0.39 is 0 Å². The molecule has 0 spiro atoms. The highest BCUT2D eigenvalue weighted by Crippen LogP contribution is 2.58. The van der Waals surface area contributed by atoms with E-state index in [-0.39, 0.29) is 11.5 Å². The van der Waals surface area contributed by atoms with Gasteiger partial charge >= 0.3 is 5.97 Å². The monoisotopic (exact) mass is 467 g/mol. The molecule has 0 saturated heterocycles. The molecule has 0 aromatic heterocycles. The fraction of sp³-hybridized carbons (Fsp3) is 0.280. The molecule has 0 fully saturated rings. The Labute approximate surface area is 197 Å². The molecule has 0 aliphatic carbocycles. The Hall–Kier alpha value is -2.02. The summed E-state index contributed by atoms with van der Waals surface area (Å²) in [5.41, 5.74) is 6.32. The molecular weight excluding hydrogens is 442 g/mol. The molecule has 0 radical (unpaired) electrons. The topological polar surface area (TPSA) is 38.3 Å². The average Bonchev–Trinajstić information content (AvgIpc) is 3.16. The van der Waals surface area contributed by atoms with Gasteiger partial charge < -0.3 is 10.1 Å². The standard InChI is InChI=1S/C25H25NO2S3/c1-6-28-23(27)21-20(16-10-8-7-9-11-16)30-24(31-21)19-17-12-14(2)15(3)13-18(17)26-25(4,5)22(19)29/h7-13,26H,6H2,1-5H3/b24-19-. The predicted molar refractivity (Wildman–Crippen MR) is 138 cm³/mol. The minimum atomic E-state index is -0.368. The summed E-state index contributed by atoms with van der Waals surface area (Å²) in [6.45, 7) is 10.6. The van der Waals surface area contributed by atoms with E-state index in [1.165, 1.54) is 22.9 Å². The van der Waals surface area contributed by atoms with Crippen molar-refractivity contribution < 1.29 is 9.53 Å². The van der Waals surface area contributed by atoms with Gasteiger partial charge in [-0.05, 0) is 63.4 Å². The smallest absolute Gasteiger partial charge is 0.346 e. The zero-order valence-corrected chi connectivity index (χ0v) is 20.7. The lowest BCUT2D eigenvalue weighted by molar-refractivity contribution is -0.137. The van der Waals surface area contributed by atoms with Crippen molar-refractivity contribution in [3.8, 4) is 0 Å². The van der Waals surface area contributed by atoms with Gasteiger partial charge in [-0.1, -0.05) is 66.1 Å². The Kier molecular flexibility index (Phi) is 6.08. The quantitative estimate of drug-likeness (QED) is 0.299. The van der Waals surface area contributed by atoms with Crippen molar-refractivity contribution in [1.29, 1.82) is 0 Å². The van der Waals surface area contributed by atoms with Gasteiger partial charge in [0.1, 0.15) is 4.91 Å². The van der Waals surface area contributed by atoms with E-state index in [4.69, 9.17) is 17.0 Å². The molecule has 2 aliphatic rings. The number of anilines is 1. The molecule has 2 aliphatic heterocycles. The maximum absolute atomic E-state index is 12.8. The van der Waals surface area contributed by atoms with Crippen LogP contribution in [-0.4, -0.2) is 23.0 Å². The normalized spacial score (nSPS) is 19.8. The SMILES string of the molecule is CCOC(=O)C1=C(c2ccccc2)S/C(=C2/C(=S)C(C)(C)Nc3cc(C)c(C)cc32)S1. The lowest BCUT2D eigenvalue weighted by atomic mass is 9.84. The number of hydrogen-bond donors (Lipinski definition) is 1. The Balaban J connectivity index is 1.89. The Morgan fingerprint density at radius 1 is 1.10 bits per heavy atom. The van der Waals surface area contributed by atoms with Crippen molar-refractivity contribution in [2.75, 3.05) is 11.9 Å². The number of hydrogen-bond acceptors (Lipinski definition) is 6. The first-order chi connectivity index (χ1) is 14.7. The third kappa shape index (κ3) is 4.09. The number of esters is 1. The highest BCUT2D eigenvalue weighted by atomic mass is 32.2. The van der Waals surface area contributed by atoms with Gasteiger partial charge in [-0.3, -0.25) is 0 Å².